The van der Waals surface area contributed by atoms with Crippen LogP contribution < -0.4 is 0 Å². The van der Waals surface area contributed by atoms with E-state index >= 15 is 0 Å². The van der Waals surface area contributed by atoms with Crippen LogP contribution in [-0.4, -0.2) is 10.2 Å². The Morgan fingerprint density at radius 3 is 2.64 bits per heavy atom. The van der Waals surface area contributed by atoms with Gasteiger partial charge in [-0.3, -0.25) is 9.78 Å². The summed E-state index contributed by atoms with van der Waals surface area (Å²) in [4.78, 5) is 14.5. The van der Waals surface area contributed by atoms with Crippen molar-refractivity contribution in [3.05, 3.63) is 27.5 Å². The van der Waals surface area contributed by atoms with Crippen LogP contribution in [0, 0.1) is 6.92 Å². The van der Waals surface area contributed by atoms with E-state index in [0.29, 0.717) is 10.2 Å². The van der Waals surface area contributed by atoms with Crippen LogP contribution in [0.1, 0.15) is 28.2 Å². The van der Waals surface area contributed by atoms with E-state index in [-0.39, 0.29) is 5.56 Å². The zero-order chi connectivity index (χ0) is 10.9. The van der Waals surface area contributed by atoms with Gasteiger partial charge in [-0.05, 0) is 40.5 Å². The first kappa shape index (κ1) is 11.5. The Labute approximate surface area is 92.4 Å². The molecule has 0 atom stereocenters. The number of alkyl halides is 2. The molecule has 14 heavy (non-hydrogen) atoms. The predicted octanol–water partition coefficient (Wildman–Crippen LogP) is 3.47. The Hall–Kier alpha value is -0.550. The van der Waals surface area contributed by atoms with Crippen molar-refractivity contribution in [1.82, 2.24) is 4.98 Å². The Morgan fingerprint density at radius 2 is 2.21 bits per heavy atom. The van der Waals surface area contributed by atoms with Gasteiger partial charge in [0, 0.05) is 0 Å². The number of rotatable bonds is 2. The molecule has 0 aliphatic heterocycles. The SMILES string of the molecule is Cc1nc(C(F)F)cc(C(=O)Cl)c1Br. The van der Waals surface area contributed by atoms with Gasteiger partial charge in [0.15, 0.2) is 0 Å². The minimum absolute atomic E-state index is 0.00877. The molecule has 1 aromatic rings. The Balaban J connectivity index is 3.35. The molecule has 1 aromatic heterocycles. The summed E-state index contributed by atoms with van der Waals surface area (Å²) < 4.78 is 24.9. The molecule has 1 rings (SSSR count). The third-order valence-electron chi connectivity index (χ3n) is 1.58. The van der Waals surface area contributed by atoms with Gasteiger partial charge >= 0.3 is 0 Å². The molecule has 6 heteroatoms. The minimum Gasteiger partial charge on any atom is -0.276 e. The van der Waals surface area contributed by atoms with Crippen molar-refractivity contribution in [2.45, 2.75) is 13.3 Å². The number of carbonyl (C=O) groups excluding carboxylic acids is 1. The molecule has 0 unspecified atom stereocenters. The first-order valence-electron chi connectivity index (χ1n) is 3.58. The third kappa shape index (κ3) is 2.27. The average Bonchev–Trinajstić information content (AvgIpc) is 2.08. The molecule has 0 fully saturated rings. The van der Waals surface area contributed by atoms with Gasteiger partial charge in [-0.15, -0.1) is 0 Å². The van der Waals surface area contributed by atoms with Crippen molar-refractivity contribution < 1.29 is 13.6 Å². The van der Waals surface area contributed by atoms with Gasteiger partial charge in [-0.1, -0.05) is 0 Å². The standard InChI is InChI=1S/C8H5BrClF2NO/c1-3-6(9)4(7(10)14)2-5(13-3)8(11)12/h2,8H,1H3. The van der Waals surface area contributed by atoms with Gasteiger partial charge in [-0.2, -0.15) is 0 Å². The topological polar surface area (TPSA) is 30.0 Å². The van der Waals surface area contributed by atoms with E-state index in [1.165, 1.54) is 6.92 Å². The van der Waals surface area contributed by atoms with Gasteiger partial charge in [0.25, 0.3) is 11.7 Å². The molecule has 76 valence electrons. The highest BCUT2D eigenvalue weighted by Gasteiger charge is 2.17. The van der Waals surface area contributed by atoms with Crippen molar-refractivity contribution in [2.24, 2.45) is 0 Å². The lowest BCUT2D eigenvalue weighted by Crippen LogP contribution is -2.00. The third-order valence-corrected chi connectivity index (χ3v) is 2.78. The molecule has 0 aliphatic rings. The fraction of sp³-hybridized carbons (Fsp3) is 0.250. The van der Waals surface area contributed by atoms with Crippen LogP contribution in [0.25, 0.3) is 0 Å². The highest BCUT2D eigenvalue weighted by Crippen LogP contribution is 2.26. The molecule has 0 amide bonds. The van der Waals surface area contributed by atoms with E-state index in [1.54, 1.807) is 0 Å². The molecule has 0 bridgehead atoms. The van der Waals surface area contributed by atoms with E-state index in [1.807, 2.05) is 0 Å². The van der Waals surface area contributed by atoms with Crippen molar-refractivity contribution in [1.29, 1.82) is 0 Å². The zero-order valence-electron chi connectivity index (χ0n) is 7.02. The van der Waals surface area contributed by atoms with Crippen molar-refractivity contribution in [3.63, 3.8) is 0 Å². The maximum atomic E-state index is 12.3. The number of aromatic nitrogens is 1. The van der Waals surface area contributed by atoms with E-state index in [0.717, 1.165) is 6.07 Å². The van der Waals surface area contributed by atoms with Crippen LogP contribution in [-0.2, 0) is 0 Å². The number of halogens is 4. The van der Waals surface area contributed by atoms with Crippen molar-refractivity contribution in [3.8, 4) is 0 Å². The molecule has 1 heterocycles. The smallest absolute Gasteiger partial charge is 0.276 e. The Kier molecular flexibility index (Phi) is 3.55. The normalized spacial score (nSPS) is 10.7. The molecule has 0 radical (unpaired) electrons. The monoisotopic (exact) mass is 283 g/mol. The van der Waals surface area contributed by atoms with Crippen LogP contribution in [0.2, 0.25) is 0 Å². The molecule has 2 nitrogen and oxygen atoms in total. The lowest BCUT2D eigenvalue weighted by Gasteiger charge is -2.06. The van der Waals surface area contributed by atoms with Crippen molar-refractivity contribution >= 4 is 32.8 Å². The molecular formula is C8H5BrClF2NO. The first-order valence-corrected chi connectivity index (χ1v) is 4.75. The van der Waals surface area contributed by atoms with Gasteiger partial charge < -0.3 is 0 Å². The molecule has 0 spiro atoms. The minimum atomic E-state index is -2.71. The maximum absolute atomic E-state index is 12.3. The molecule has 0 saturated heterocycles. The second-order valence-corrected chi connectivity index (χ2v) is 3.70. The summed E-state index contributed by atoms with van der Waals surface area (Å²) in [5.74, 6) is 0. The summed E-state index contributed by atoms with van der Waals surface area (Å²) in [5, 5.41) is -0.788. The summed E-state index contributed by atoms with van der Waals surface area (Å²) in [6, 6.07) is 0.983. The van der Waals surface area contributed by atoms with Gasteiger partial charge in [0.2, 0.25) is 0 Å². The number of hydrogen-bond donors (Lipinski definition) is 0. The number of carbonyl (C=O) groups is 1. The number of aryl methyl sites for hydroxylation is 1. The van der Waals surface area contributed by atoms with Gasteiger partial charge in [0.05, 0.1) is 15.7 Å². The van der Waals surface area contributed by atoms with E-state index in [9.17, 15) is 13.6 Å². The van der Waals surface area contributed by atoms with Crippen LogP contribution in [0.3, 0.4) is 0 Å². The maximum Gasteiger partial charge on any atom is 0.280 e. The zero-order valence-corrected chi connectivity index (χ0v) is 9.36. The molecule has 0 saturated carbocycles. The van der Waals surface area contributed by atoms with Gasteiger partial charge in [-0.25, -0.2) is 8.78 Å². The molecule has 0 aliphatic carbocycles. The lowest BCUT2D eigenvalue weighted by atomic mass is 10.2. The second-order valence-electron chi connectivity index (χ2n) is 2.57. The molecular weight excluding hydrogens is 279 g/mol. The summed E-state index contributed by atoms with van der Waals surface area (Å²) in [5.41, 5.74) is -0.129. The Bertz CT molecular complexity index is 384. The van der Waals surface area contributed by atoms with Crippen LogP contribution >= 0.6 is 27.5 Å². The number of nitrogens with zero attached hydrogens (tertiary/aromatic N) is 1. The summed E-state index contributed by atoms with van der Waals surface area (Å²) in [6.07, 6.45) is -2.71. The highest BCUT2D eigenvalue weighted by molar-refractivity contribution is 9.10. The quantitative estimate of drug-likeness (QED) is 0.778. The Morgan fingerprint density at radius 1 is 1.64 bits per heavy atom. The van der Waals surface area contributed by atoms with Crippen LogP contribution in [0.5, 0.6) is 0 Å². The van der Waals surface area contributed by atoms with Crippen LogP contribution in [0.4, 0.5) is 8.78 Å². The van der Waals surface area contributed by atoms with Crippen molar-refractivity contribution in [2.75, 3.05) is 0 Å². The summed E-state index contributed by atoms with van der Waals surface area (Å²) in [6.45, 7) is 1.51. The van der Waals surface area contributed by atoms with E-state index < -0.39 is 17.4 Å². The largest absolute Gasteiger partial charge is 0.280 e. The van der Waals surface area contributed by atoms with E-state index in [4.69, 9.17) is 11.6 Å². The highest BCUT2D eigenvalue weighted by atomic mass is 79.9. The summed E-state index contributed by atoms with van der Waals surface area (Å²) in [7, 11) is 0. The lowest BCUT2D eigenvalue weighted by molar-refractivity contribution is 0.107. The molecule has 0 aromatic carbocycles. The first-order chi connectivity index (χ1) is 6.43. The number of hydrogen-bond acceptors (Lipinski definition) is 2. The fourth-order valence-corrected chi connectivity index (χ4v) is 1.58. The van der Waals surface area contributed by atoms with Gasteiger partial charge in [0.1, 0.15) is 5.69 Å². The van der Waals surface area contributed by atoms with E-state index in [2.05, 4.69) is 20.9 Å². The fourth-order valence-electron chi connectivity index (χ4n) is 0.936. The van der Waals surface area contributed by atoms with Crippen LogP contribution in [0.15, 0.2) is 10.5 Å². The summed E-state index contributed by atoms with van der Waals surface area (Å²) >= 11 is 8.27. The average molecular weight is 284 g/mol. The predicted molar refractivity (Wildman–Crippen MR) is 51.8 cm³/mol. The second kappa shape index (κ2) is 4.31. The molecule has 0 N–H and O–H groups in total. The number of pyridine rings is 1.